The van der Waals surface area contributed by atoms with Crippen LogP contribution in [0.5, 0.6) is 5.75 Å². The Kier molecular flexibility index (Phi) is 5.58. The van der Waals surface area contributed by atoms with Crippen LogP contribution in [0, 0.1) is 0 Å². The zero-order valence-corrected chi connectivity index (χ0v) is 14.6. The van der Waals surface area contributed by atoms with E-state index in [1.54, 1.807) is 7.11 Å². The molecule has 0 unspecified atom stereocenters. The van der Waals surface area contributed by atoms with E-state index in [4.69, 9.17) is 15.2 Å². The molecule has 2 aliphatic rings. The van der Waals surface area contributed by atoms with Gasteiger partial charge in [0.25, 0.3) is 0 Å². The van der Waals surface area contributed by atoms with Crippen molar-refractivity contribution in [3.63, 3.8) is 0 Å². The Morgan fingerprint density at radius 1 is 1.33 bits per heavy atom. The molecule has 1 saturated carbocycles. The van der Waals surface area contributed by atoms with E-state index >= 15 is 0 Å². The second-order valence-corrected chi connectivity index (χ2v) is 6.48. The Labute approximate surface area is 144 Å². The fourth-order valence-electron chi connectivity index (χ4n) is 3.09. The minimum absolute atomic E-state index is 0.214. The Hall–Kier alpha value is -1.79. The van der Waals surface area contributed by atoms with Crippen LogP contribution < -0.4 is 10.5 Å². The van der Waals surface area contributed by atoms with E-state index in [1.165, 1.54) is 18.4 Å². The monoisotopic (exact) mass is 332 g/mol. The molecule has 0 bridgehead atoms. The average Bonchev–Trinajstić information content (AvgIpc) is 3.47. The molecule has 1 saturated heterocycles. The van der Waals surface area contributed by atoms with Gasteiger partial charge in [-0.25, -0.2) is 0 Å². The van der Waals surface area contributed by atoms with Gasteiger partial charge >= 0.3 is 0 Å². The first-order valence-corrected chi connectivity index (χ1v) is 8.67. The zero-order chi connectivity index (χ0) is 16.9. The van der Waals surface area contributed by atoms with Crippen molar-refractivity contribution >= 4 is 5.96 Å². The number of hydrogen-bond donors (Lipinski definition) is 1. The van der Waals surface area contributed by atoms with Crippen LogP contribution in [0.1, 0.15) is 24.4 Å². The molecule has 24 heavy (non-hydrogen) atoms. The molecule has 2 N–H and O–H groups in total. The summed E-state index contributed by atoms with van der Waals surface area (Å²) < 4.78 is 10.8. The topological polar surface area (TPSA) is 63.3 Å². The quantitative estimate of drug-likeness (QED) is 0.631. The second-order valence-electron chi connectivity index (χ2n) is 6.48. The number of ether oxygens (including phenoxy) is 2. The van der Waals surface area contributed by atoms with Crippen LogP contribution in [-0.4, -0.2) is 68.8 Å². The van der Waals surface area contributed by atoms with Crippen LogP contribution in [0.15, 0.2) is 29.3 Å². The maximum Gasteiger partial charge on any atom is 0.191 e. The Bertz CT molecular complexity index is 551. The molecule has 1 aromatic rings. The minimum Gasteiger partial charge on any atom is -0.497 e. The van der Waals surface area contributed by atoms with E-state index in [0.29, 0.717) is 18.5 Å². The second kappa shape index (κ2) is 7.85. The fourth-order valence-corrected chi connectivity index (χ4v) is 3.09. The van der Waals surface area contributed by atoms with Crippen molar-refractivity contribution in [3.8, 4) is 5.75 Å². The van der Waals surface area contributed by atoms with Gasteiger partial charge < -0.3 is 20.1 Å². The first-order valence-electron chi connectivity index (χ1n) is 8.67. The van der Waals surface area contributed by atoms with E-state index in [9.17, 15) is 0 Å². The molecule has 6 nitrogen and oxygen atoms in total. The molecule has 0 radical (unpaired) electrons. The number of nitrogens with zero attached hydrogens (tertiary/aromatic N) is 3. The summed E-state index contributed by atoms with van der Waals surface area (Å²) in [6.07, 6.45) is 2.44. The fraction of sp³-hybridized carbons (Fsp3) is 0.611. The lowest BCUT2D eigenvalue weighted by atomic mass is 10.0. The predicted molar refractivity (Wildman–Crippen MR) is 95.4 cm³/mol. The number of guanidine groups is 1. The van der Waals surface area contributed by atoms with E-state index < -0.39 is 0 Å². The number of rotatable bonds is 6. The van der Waals surface area contributed by atoms with Crippen LogP contribution in [0.25, 0.3) is 0 Å². The number of benzene rings is 1. The summed E-state index contributed by atoms with van der Waals surface area (Å²) in [4.78, 5) is 9.22. The van der Waals surface area contributed by atoms with Gasteiger partial charge in [-0.15, -0.1) is 0 Å². The molecule has 0 spiro atoms. The highest BCUT2D eigenvalue weighted by Crippen LogP contribution is 2.26. The van der Waals surface area contributed by atoms with Crippen molar-refractivity contribution < 1.29 is 9.47 Å². The molecule has 2 fully saturated rings. The summed E-state index contributed by atoms with van der Waals surface area (Å²) in [6.45, 7) is 4.05. The van der Waals surface area contributed by atoms with Crippen molar-refractivity contribution in [3.05, 3.63) is 29.8 Å². The highest BCUT2D eigenvalue weighted by Gasteiger charge is 2.28. The molecular formula is C18H28N4O2. The van der Waals surface area contributed by atoms with Crippen molar-refractivity contribution in [1.82, 2.24) is 9.80 Å². The Morgan fingerprint density at radius 2 is 2.00 bits per heavy atom. The molecule has 1 aliphatic heterocycles. The van der Waals surface area contributed by atoms with Gasteiger partial charge in [0.1, 0.15) is 5.75 Å². The Morgan fingerprint density at radius 3 is 2.58 bits per heavy atom. The van der Waals surface area contributed by atoms with Gasteiger partial charge in [0.2, 0.25) is 0 Å². The standard InChI is InChI=1S/C18H28N4O2/c1-21(15-5-6-15)18(19)20-13-17(22-9-11-24-12-10-22)14-3-7-16(23-2)8-4-14/h3-4,7-8,15,17H,5-6,9-13H2,1-2H3,(H2,19,20)/t17-/m1/s1. The van der Waals surface area contributed by atoms with Crippen LogP contribution in [0.2, 0.25) is 0 Å². The molecule has 0 aromatic heterocycles. The number of methoxy groups -OCH3 is 1. The van der Waals surface area contributed by atoms with Crippen LogP contribution in [0.3, 0.4) is 0 Å². The lowest BCUT2D eigenvalue weighted by Crippen LogP contribution is -2.41. The van der Waals surface area contributed by atoms with Crippen molar-refractivity contribution in [2.24, 2.45) is 10.7 Å². The third-order valence-electron chi connectivity index (χ3n) is 4.87. The maximum atomic E-state index is 6.17. The van der Waals surface area contributed by atoms with Gasteiger partial charge in [0.05, 0.1) is 32.9 Å². The number of aliphatic imine (C=N–C) groups is 1. The van der Waals surface area contributed by atoms with E-state index in [2.05, 4.69) is 26.9 Å². The first kappa shape index (κ1) is 17.0. The van der Waals surface area contributed by atoms with Crippen LogP contribution in [0.4, 0.5) is 0 Å². The third kappa shape index (κ3) is 4.19. The number of morpholine rings is 1. The summed E-state index contributed by atoms with van der Waals surface area (Å²) in [5.74, 6) is 1.51. The molecule has 132 valence electrons. The van der Waals surface area contributed by atoms with Gasteiger partial charge in [-0.1, -0.05) is 12.1 Å². The lowest BCUT2D eigenvalue weighted by molar-refractivity contribution is 0.0179. The molecule has 3 rings (SSSR count). The molecule has 0 amide bonds. The van der Waals surface area contributed by atoms with Gasteiger partial charge in [-0.2, -0.15) is 0 Å². The number of hydrogen-bond acceptors (Lipinski definition) is 4. The van der Waals surface area contributed by atoms with Crippen LogP contribution >= 0.6 is 0 Å². The molecule has 1 heterocycles. The Balaban J connectivity index is 1.74. The first-order chi connectivity index (χ1) is 11.7. The van der Waals surface area contributed by atoms with Gasteiger partial charge in [-0.05, 0) is 30.5 Å². The highest BCUT2D eigenvalue weighted by atomic mass is 16.5. The van der Waals surface area contributed by atoms with E-state index in [0.717, 1.165) is 32.1 Å². The van der Waals surface area contributed by atoms with E-state index in [-0.39, 0.29) is 6.04 Å². The smallest absolute Gasteiger partial charge is 0.191 e. The van der Waals surface area contributed by atoms with Crippen LogP contribution in [-0.2, 0) is 4.74 Å². The predicted octanol–water partition coefficient (Wildman–Crippen LogP) is 1.48. The van der Waals surface area contributed by atoms with Crippen molar-refractivity contribution in [2.45, 2.75) is 24.9 Å². The van der Waals surface area contributed by atoms with Gasteiger partial charge in [0.15, 0.2) is 5.96 Å². The maximum absolute atomic E-state index is 6.17. The zero-order valence-electron chi connectivity index (χ0n) is 14.6. The third-order valence-corrected chi connectivity index (χ3v) is 4.87. The summed E-state index contributed by atoms with van der Waals surface area (Å²) >= 11 is 0. The molecule has 1 aliphatic carbocycles. The van der Waals surface area contributed by atoms with Gasteiger partial charge in [0, 0.05) is 26.2 Å². The average molecular weight is 332 g/mol. The number of nitrogens with two attached hydrogens (primary N) is 1. The minimum atomic E-state index is 0.214. The summed E-state index contributed by atoms with van der Waals surface area (Å²) in [5, 5.41) is 0. The summed E-state index contributed by atoms with van der Waals surface area (Å²) in [6, 6.07) is 9.05. The molecular weight excluding hydrogens is 304 g/mol. The van der Waals surface area contributed by atoms with Crippen molar-refractivity contribution in [2.75, 3.05) is 47.0 Å². The van der Waals surface area contributed by atoms with E-state index in [1.807, 2.05) is 19.2 Å². The summed E-state index contributed by atoms with van der Waals surface area (Å²) in [5.41, 5.74) is 7.41. The largest absolute Gasteiger partial charge is 0.497 e. The normalized spacial score (nSPS) is 20.7. The SMILES string of the molecule is COc1ccc([C@@H](CN=C(N)N(C)C2CC2)N2CCOCC2)cc1. The van der Waals surface area contributed by atoms with Gasteiger partial charge in [-0.3, -0.25) is 9.89 Å². The molecule has 1 atom stereocenters. The lowest BCUT2D eigenvalue weighted by Gasteiger charge is -2.34. The summed E-state index contributed by atoms with van der Waals surface area (Å²) in [7, 11) is 3.72. The molecule has 6 heteroatoms. The van der Waals surface area contributed by atoms with Crippen molar-refractivity contribution in [1.29, 1.82) is 0 Å². The molecule has 1 aromatic carbocycles. The highest BCUT2D eigenvalue weighted by molar-refractivity contribution is 5.78.